The number of halogens is 3. The van der Waals surface area contributed by atoms with E-state index < -0.39 is 27.7 Å². The van der Waals surface area contributed by atoms with Crippen LogP contribution in [0, 0.1) is 5.92 Å². The third kappa shape index (κ3) is 4.97. The molecule has 3 N–H and O–H groups in total. The number of hydrogen-bond acceptors (Lipinski definition) is 4. The van der Waals surface area contributed by atoms with E-state index in [0.717, 1.165) is 57.1 Å². The molecule has 5 rings (SSSR count). The van der Waals surface area contributed by atoms with Crippen molar-refractivity contribution in [3.05, 3.63) is 54.1 Å². The zero-order valence-electron chi connectivity index (χ0n) is 21.3. The van der Waals surface area contributed by atoms with E-state index in [1.165, 1.54) is 4.90 Å². The van der Waals surface area contributed by atoms with Crippen LogP contribution in [0.2, 0.25) is 0 Å². The third-order valence-electron chi connectivity index (χ3n) is 7.32. The molecule has 1 fully saturated rings. The average Bonchev–Trinajstić information content (AvgIpc) is 3.44. The Morgan fingerprint density at radius 2 is 1.90 bits per heavy atom. The fourth-order valence-electron chi connectivity index (χ4n) is 5.35. The molecule has 2 atom stereocenters. The molecular formula is C27H27F2IN6O3. The molecule has 1 aliphatic heterocycles. The van der Waals surface area contributed by atoms with Crippen molar-refractivity contribution in [2.45, 2.75) is 29.9 Å². The van der Waals surface area contributed by atoms with Crippen LogP contribution in [0.3, 0.4) is 0 Å². The van der Waals surface area contributed by atoms with E-state index in [1.54, 1.807) is 12.1 Å². The highest BCUT2D eigenvalue weighted by atomic mass is 127. The quantitative estimate of drug-likeness (QED) is 0.245. The van der Waals surface area contributed by atoms with Gasteiger partial charge >= 0.3 is 9.84 Å². The molecule has 0 aliphatic carbocycles. The lowest BCUT2D eigenvalue weighted by atomic mass is 9.90. The lowest BCUT2D eigenvalue weighted by Crippen LogP contribution is -2.58. The molecule has 3 amide bonds. The highest BCUT2D eigenvalue weighted by molar-refractivity contribution is 14.1. The van der Waals surface area contributed by atoms with Crippen molar-refractivity contribution in [3.63, 3.8) is 0 Å². The summed E-state index contributed by atoms with van der Waals surface area (Å²) < 4.78 is 27.5. The van der Waals surface area contributed by atoms with Gasteiger partial charge in [-0.15, -0.1) is 0 Å². The fraction of sp³-hybridized carbons (Fsp3) is 0.333. The van der Waals surface area contributed by atoms with E-state index in [2.05, 4.69) is 35.0 Å². The number of para-hydroxylation sites is 1. The lowest BCUT2D eigenvalue weighted by Gasteiger charge is -2.37. The van der Waals surface area contributed by atoms with Gasteiger partial charge < -0.3 is 25.1 Å². The standard InChI is InChI=1S/C27H27F2IN6O3/c1-3-36-20-7-5-4-6-15(20)13-22(36)24-32-18-12-16(8-9-21(18)34(24)2)25(38)35-11-10-17(23(31)37)19(14-35)33-26(39)27(28,29)30/h4-9,12-13,17,19H,3,10-11,14H2,1-2H3,(H2,31,37)(H,33,39)/t17-,19+/m1/s1. The molecule has 3 heterocycles. The van der Waals surface area contributed by atoms with Crippen LogP contribution in [0.25, 0.3) is 33.5 Å². The molecule has 2 aromatic heterocycles. The van der Waals surface area contributed by atoms with Gasteiger partial charge in [0.15, 0.2) is 5.82 Å². The van der Waals surface area contributed by atoms with Crippen molar-refractivity contribution in [1.82, 2.24) is 24.3 Å². The number of nitrogens with zero attached hydrogens (tertiary/aromatic N) is 4. The second kappa shape index (κ2) is 10.2. The molecule has 0 unspecified atom stereocenters. The zero-order valence-corrected chi connectivity index (χ0v) is 23.5. The van der Waals surface area contributed by atoms with Gasteiger partial charge in [0.1, 0.15) is 0 Å². The van der Waals surface area contributed by atoms with E-state index in [0.29, 0.717) is 11.1 Å². The summed E-state index contributed by atoms with van der Waals surface area (Å²) in [6.45, 7) is 2.92. The van der Waals surface area contributed by atoms with Crippen LogP contribution < -0.4 is 11.1 Å². The zero-order chi connectivity index (χ0) is 28.1. The number of hydrogen-bond donors (Lipinski definition) is 2. The highest BCUT2D eigenvalue weighted by Gasteiger charge is 2.41. The molecule has 12 heteroatoms. The lowest BCUT2D eigenvalue weighted by molar-refractivity contribution is -0.135. The molecule has 2 aromatic carbocycles. The molecule has 204 valence electrons. The summed E-state index contributed by atoms with van der Waals surface area (Å²) in [7, 11) is 1.93. The molecule has 0 radical (unpaired) electrons. The average molecular weight is 648 g/mol. The maximum Gasteiger partial charge on any atom is 0.372 e. The first-order valence-electron chi connectivity index (χ1n) is 12.5. The number of alkyl halides is 3. The number of rotatable bonds is 6. The second-order valence-electron chi connectivity index (χ2n) is 9.66. The minimum Gasteiger partial charge on any atom is -0.369 e. The topological polar surface area (TPSA) is 115 Å². The first-order valence-corrected chi connectivity index (χ1v) is 13.6. The third-order valence-corrected chi connectivity index (χ3v) is 7.81. The minimum atomic E-state index is -3.66. The molecular weight excluding hydrogens is 621 g/mol. The number of fused-ring (bicyclic) bond motifs is 2. The Balaban J connectivity index is 1.44. The van der Waals surface area contributed by atoms with Gasteiger partial charge in [-0.05, 0) is 43.7 Å². The molecule has 1 saturated heterocycles. The molecule has 4 aromatic rings. The second-order valence-corrected chi connectivity index (χ2v) is 11.0. The number of likely N-dealkylation sites (tertiary alicyclic amines) is 1. The number of benzene rings is 2. The van der Waals surface area contributed by atoms with Gasteiger partial charge in [0.2, 0.25) is 5.91 Å². The van der Waals surface area contributed by atoms with Gasteiger partial charge in [0, 0.05) is 65.7 Å². The van der Waals surface area contributed by atoms with E-state index in [-0.39, 0.29) is 25.4 Å². The van der Waals surface area contributed by atoms with Crippen LogP contribution in [0.4, 0.5) is 8.78 Å². The molecule has 0 spiro atoms. The molecule has 0 saturated carbocycles. The number of imidazole rings is 1. The van der Waals surface area contributed by atoms with E-state index in [4.69, 9.17) is 10.7 Å². The maximum atomic E-state index is 13.5. The Morgan fingerprint density at radius 3 is 2.59 bits per heavy atom. The first-order chi connectivity index (χ1) is 18.5. The predicted molar refractivity (Wildman–Crippen MR) is 151 cm³/mol. The van der Waals surface area contributed by atoms with Gasteiger partial charge in [0.25, 0.3) is 5.91 Å². The Hall–Kier alpha value is -3.55. The molecule has 0 bridgehead atoms. The number of aryl methyl sites for hydroxylation is 2. The number of primary amides is 1. The SMILES string of the molecule is CCn1c(-c2nc3cc(C(=O)N4CC[C@@H](C(N)=O)[C@@H](NC(=O)C(F)(F)I)C4)ccc3n2C)cc2ccccc21. The first kappa shape index (κ1) is 27.0. The predicted octanol–water partition coefficient (Wildman–Crippen LogP) is 3.67. The number of amides is 3. The van der Waals surface area contributed by atoms with Crippen LogP contribution in [0.15, 0.2) is 48.5 Å². The van der Waals surface area contributed by atoms with Gasteiger partial charge in [-0.2, -0.15) is 8.78 Å². The largest absolute Gasteiger partial charge is 0.372 e. The summed E-state index contributed by atoms with van der Waals surface area (Å²) in [6, 6.07) is 14.4. The monoisotopic (exact) mass is 648 g/mol. The molecule has 39 heavy (non-hydrogen) atoms. The number of aromatic nitrogens is 3. The number of carbonyl (C=O) groups excluding carboxylic acids is 3. The Kier molecular flexibility index (Phi) is 7.08. The van der Waals surface area contributed by atoms with Crippen LogP contribution in [-0.4, -0.2) is 59.8 Å². The summed E-state index contributed by atoms with van der Waals surface area (Å²) in [4.78, 5) is 43.6. The van der Waals surface area contributed by atoms with Gasteiger partial charge in [0.05, 0.1) is 28.7 Å². The number of nitrogens with two attached hydrogens (primary N) is 1. The number of piperidine rings is 1. The van der Waals surface area contributed by atoms with Crippen molar-refractivity contribution in [2.24, 2.45) is 18.7 Å². The van der Waals surface area contributed by atoms with E-state index >= 15 is 0 Å². The maximum absolute atomic E-state index is 13.5. The summed E-state index contributed by atoms with van der Waals surface area (Å²) in [5.74, 6) is -2.69. The van der Waals surface area contributed by atoms with Crippen LogP contribution >= 0.6 is 22.6 Å². The van der Waals surface area contributed by atoms with E-state index in [9.17, 15) is 23.2 Å². The van der Waals surface area contributed by atoms with Crippen molar-refractivity contribution in [2.75, 3.05) is 13.1 Å². The fourth-order valence-corrected chi connectivity index (χ4v) is 5.51. The summed E-state index contributed by atoms with van der Waals surface area (Å²) >= 11 is 0.723. The van der Waals surface area contributed by atoms with Crippen LogP contribution in [-0.2, 0) is 23.2 Å². The van der Waals surface area contributed by atoms with Crippen LogP contribution in [0.5, 0.6) is 0 Å². The van der Waals surface area contributed by atoms with Gasteiger partial charge in [-0.25, -0.2) is 4.98 Å². The van der Waals surface area contributed by atoms with Crippen molar-refractivity contribution < 1.29 is 23.2 Å². The van der Waals surface area contributed by atoms with Gasteiger partial charge in [-0.1, -0.05) is 18.2 Å². The van der Waals surface area contributed by atoms with Crippen LogP contribution in [0.1, 0.15) is 23.7 Å². The summed E-state index contributed by atoms with van der Waals surface area (Å²) in [5, 5.41) is 3.31. The summed E-state index contributed by atoms with van der Waals surface area (Å²) in [5.41, 5.74) is 9.37. The summed E-state index contributed by atoms with van der Waals surface area (Å²) in [6.07, 6.45) is 0.149. The molecule has 1 aliphatic rings. The molecule has 9 nitrogen and oxygen atoms in total. The number of carbonyl (C=O) groups is 3. The normalized spacial score (nSPS) is 18.0. The Labute approximate surface area is 236 Å². The highest BCUT2D eigenvalue weighted by Crippen LogP contribution is 2.31. The smallest absolute Gasteiger partial charge is 0.369 e. The van der Waals surface area contributed by atoms with Crippen molar-refractivity contribution in [1.29, 1.82) is 0 Å². The van der Waals surface area contributed by atoms with E-state index in [1.807, 2.05) is 29.8 Å². The van der Waals surface area contributed by atoms with Crippen molar-refractivity contribution in [3.8, 4) is 11.5 Å². The minimum absolute atomic E-state index is 0.118. The Morgan fingerprint density at radius 1 is 1.15 bits per heavy atom. The van der Waals surface area contributed by atoms with Crippen molar-refractivity contribution >= 4 is 62.2 Å². The van der Waals surface area contributed by atoms with Gasteiger partial charge in [-0.3, -0.25) is 14.4 Å². The Bertz CT molecular complexity index is 1610. The number of nitrogens with one attached hydrogen (secondary N) is 1.